The molecule has 6 nitrogen and oxygen atoms in total. The quantitative estimate of drug-likeness (QED) is 0.618. The predicted octanol–water partition coefficient (Wildman–Crippen LogP) is 2.55. The molecule has 2 N–H and O–H groups in total. The normalized spacial score (nSPS) is 15.8. The topological polar surface area (TPSA) is 76.4 Å². The number of anilines is 1. The molecular formula is C14H21N3O3. The van der Waals surface area contributed by atoms with Gasteiger partial charge in [-0.3, -0.25) is 10.1 Å². The van der Waals surface area contributed by atoms with Crippen LogP contribution in [0.2, 0.25) is 0 Å². The fourth-order valence-corrected chi connectivity index (χ4v) is 2.28. The first-order valence-corrected chi connectivity index (χ1v) is 7.09. The molecule has 1 fully saturated rings. The highest BCUT2D eigenvalue weighted by Gasteiger charge is 2.17. The molecule has 1 heterocycles. The molecule has 1 aliphatic rings. The Morgan fingerprint density at radius 3 is 2.85 bits per heavy atom. The summed E-state index contributed by atoms with van der Waals surface area (Å²) in [4.78, 5) is 10.6. The Bertz CT molecular complexity index is 459. The van der Waals surface area contributed by atoms with Crippen LogP contribution in [0.4, 0.5) is 11.4 Å². The van der Waals surface area contributed by atoms with Gasteiger partial charge < -0.3 is 15.4 Å². The van der Waals surface area contributed by atoms with Crippen LogP contribution in [0.5, 0.6) is 5.75 Å². The fourth-order valence-electron chi connectivity index (χ4n) is 2.28. The van der Waals surface area contributed by atoms with E-state index < -0.39 is 4.92 Å². The Kier molecular flexibility index (Phi) is 5.17. The molecule has 0 amide bonds. The molecule has 2 rings (SSSR count). The maximum atomic E-state index is 11.0. The van der Waals surface area contributed by atoms with E-state index in [1.54, 1.807) is 12.1 Å². The summed E-state index contributed by atoms with van der Waals surface area (Å²) in [5, 5.41) is 17.7. The van der Waals surface area contributed by atoms with Crippen LogP contribution in [0, 0.1) is 10.1 Å². The second-order valence-electron chi connectivity index (χ2n) is 4.96. The van der Waals surface area contributed by atoms with Crippen LogP contribution in [0.1, 0.15) is 26.2 Å². The first-order chi connectivity index (χ1) is 9.70. The number of hydrogen-bond donors (Lipinski definition) is 2. The Labute approximate surface area is 118 Å². The standard InChI is InChI=1S/C14H21N3O3/c1-2-9-20-14-10-12(3-4-13(14)17(18)19)16-11-5-7-15-8-6-11/h3-4,10-11,15-16H,2,5-9H2,1H3. The Morgan fingerprint density at radius 1 is 1.45 bits per heavy atom. The van der Waals surface area contributed by atoms with Crippen LogP contribution in [0.15, 0.2) is 18.2 Å². The van der Waals surface area contributed by atoms with E-state index in [0.717, 1.165) is 38.0 Å². The van der Waals surface area contributed by atoms with E-state index in [0.29, 0.717) is 18.4 Å². The number of nitro benzene ring substituents is 1. The van der Waals surface area contributed by atoms with Gasteiger partial charge in [0.2, 0.25) is 0 Å². The Hall–Kier alpha value is -1.82. The van der Waals surface area contributed by atoms with E-state index in [1.807, 2.05) is 6.92 Å². The summed E-state index contributed by atoms with van der Waals surface area (Å²) < 4.78 is 5.48. The third-order valence-corrected chi connectivity index (χ3v) is 3.33. The summed E-state index contributed by atoms with van der Waals surface area (Å²) in [6.45, 7) is 4.47. The lowest BCUT2D eigenvalue weighted by Gasteiger charge is -2.24. The van der Waals surface area contributed by atoms with Crippen molar-refractivity contribution in [3.05, 3.63) is 28.3 Å². The average Bonchev–Trinajstić information content (AvgIpc) is 2.46. The summed E-state index contributed by atoms with van der Waals surface area (Å²) >= 11 is 0. The lowest BCUT2D eigenvalue weighted by Crippen LogP contribution is -2.35. The summed E-state index contributed by atoms with van der Waals surface area (Å²) in [6, 6.07) is 5.40. The van der Waals surface area contributed by atoms with Gasteiger partial charge in [0, 0.05) is 23.9 Å². The van der Waals surface area contributed by atoms with Gasteiger partial charge in [0.05, 0.1) is 11.5 Å². The van der Waals surface area contributed by atoms with Crippen molar-refractivity contribution in [2.24, 2.45) is 0 Å². The Morgan fingerprint density at radius 2 is 2.20 bits per heavy atom. The molecule has 1 aromatic rings. The van der Waals surface area contributed by atoms with E-state index in [9.17, 15) is 10.1 Å². The molecule has 110 valence electrons. The van der Waals surface area contributed by atoms with Gasteiger partial charge in [-0.1, -0.05) is 6.92 Å². The summed E-state index contributed by atoms with van der Waals surface area (Å²) in [6.07, 6.45) is 2.94. The molecule has 20 heavy (non-hydrogen) atoms. The molecule has 0 atom stereocenters. The third-order valence-electron chi connectivity index (χ3n) is 3.33. The molecule has 0 saturated carbocycles. The van der Waals surface area contributed by atoms with Gasteiger partial charge >= 0.3 is 5.69 Å². The molecule has 0 unspecified atom stereocenters. The molecule has 0 bridgehead atoms. The van der Waals surface area contributed by atoms with Gasteiger partial charge in [-0.15, -0.1) is 0 Å². The maximum absolute atomic E-state index is 11.0. The maximum Gasteiger partial charge on any atom is 0.311 e. The SMILES string of the molecule is CCCOc1cc(NC2CCNCC2)ccc1[N+](=O)[O-]. The molecule has 6 heteroatoms. The lowest BCUT2D eigenvalue weighted by molar-refractivity contribution is -0.385. The monoisotopic (exact) mass is 279 g/mol. The first kappa shape index (κ1) is 14.6. The number of piperidine rings is 1. The average molecular weight is 279 g/mol. The van der Waals surface area contributed by atoms with Gasteiger partial charge in [-0.2, -0.15) is 0 Å². The van der Waals surface area contributed by atoms with Crippen molar-refractivity contribution >= 4 is 11.4 Å². The molecule has 0 aliphatic carbocycles. The number of nitrogens with one attached hydrogen (secondary N) is 2. The van der Waals surface area contributed by atoms with E-state index in [2.05, 4.69) is 10.6 Å². The van der Waals surface area contributed by atoms with E-state index in [1.165, 1.54) is 6.07 Å². The molecular weight excluding hydrogens is 258 g/mol. The van der Waals surface area contributed by atoms with Gasteiger partial charge in [0.25, 0.3) is 0 Å². The minimum absolute atomic E-state index is 0.0225. The number of ether oxygens (including phenoxy) is 1. The number of nitro groups is 1. The molecule has 0 aromatic heterocycles. The van der Waals surface area contributed by atoms with Crippen LogP contribution < -0.4 is 15.4 Å². The van der Waals surface area contributed by atoms with E-state index in [-0.39, 0.29) is 5.69 Å². The van der Waals surface area contributed by atoms with Crippen molar-refractivity contribution in [2.45, 2.75) is 32.2 Å². The van der Waals surface area contributed by atoms with Crippen molar-refractivity contribution in [3.8, 4) is 5.75 Å². The first-order valence-electron chi connectivity index (χ1n) is 7.09. The van der Waals surface area contributed by atoms with Crippen LogP contribution >= 0.6 is 0 Å². The zero-order valence-corrected chi connectivity index (χ0v) is 11.7. The smallest absolute Gasteiger partial charge is 0.311 e. The number of nitrogens with zero attached hydrogens (tertiary/aromatic N) is 1. The molecule has 1 saturated heterocycles. The molecule has 1 aliphatic heterocycles. The number of benzene rings is 1. The Balaban J connectivity index is 2.10. The number of rotatable bonds is 6. The van der Waals surface area contributed by atoms with Crippen LogP contribution in [-0.2, 0) is 0 Å². The predicted molar refractivity (Wildman–Crippen MR) is 78.4 cm³/mol. The summed E-state index contributed by atoms with van der Waals surface area (Å²) in [5.41, 5.74) is 0.905. The zero-order valence-electron chi connectivity index (χ0n) is 11.7. The molecule has 1 aromatic carbocycles. The van der Waals surface area contributed by atoms with Crippen LogP contribution in [-0.4, -0.2) is 30.7 Å². The lowest BCUT2D eigenvalue weighted by atomic mass is 10.1. The highest BCUT2D eigenvalue weighted by molar-refractivity contribution is 5.58. The third kappa shape index (κ3) is 3.84. The minimum Gasteiger partial charge on any atom is -0.487 e. The van der Waals surface area contributed by atoms with Crippen molar-refractivity contribution in [2.75, 3.05) is 25.0 Å². The van der Waals surface area contributed by atoms with Crippen molar-refractivity contribution < 1.29 is 9.66 Å². The summed E-state index contributed by atoms with van der Waals surface area (Å²) in [7, 11) is 0. The zero-order chi connectivity index (χ0) is 14.4. The van der Waals surface area contributed by atoms with Crippen molar-refractivity contribution in [3.63, 3.8) is 0 Å². The minimum atomic E-state index is -0.403. The largest absolute Gasteiger partial charge is 0.487 e. The number of hydrogen-bond acceptors (Lipinski definition) is 5. The van der Waals surface area contributed by atoms with Crippen molar-refractivity contribution in [1.29, 1.82) is 0 Å². The van der Waals surface area contributed by atoms with Crippen LogP contribution in [0.3, 0.4) is 0 Å². The highest BCUT2D eigenvalue weighted by Crippen LogP contribution is 2.30. The fraction of sp³-hybridized carbons (Fsp3) is 0.571. The van der Waals surface area contributed by atoms with Gasteiger partial charge in [0.1, 0.15) is 0 Å². The van der Waals surface area contributed by atoms with Gasteiger partial charge in [-0.25, -0.2) is 0 Å². The van der Waals surface area contributed by atoms with E-state index in [4.69, 9.17) is 4.74 Å². The molecule has 0 radical (unpaired) electrons. The van der Waals surface area contributed by atoms with Gasteiger partial charge in [-0.05, 0) is 38.4 Å². The summed E-state index contributed by atoms with van der Waals surface area (Å²) in [5.74, 6) is 0.343. The second-order valence-corrected chi connectivity index (χ2v) is 4.96. The van der Waals surface area contributed by atoms with E-state index >= 15 is 0 Å². The molecule has 0 spiro atoms. The second kappa shape index (κ2) is 7.09. The highest BCUT2D eigenvalue weighted by atomic mass is 16.6. The van der Waals surface area contributed by atoms with Crippen LogP contribution in [0.25, 0.3) is 0 Å². The van der Waals surface area contributed by atoms with Gasteiger partial charge in [0.15, 0.2) is 5.75 Å². The van der Waals surface area contributed by atoms with Crippen molar-refractivity contribution in [1.82, 2.24) is 5.32 Å².